The van der Waals surface area contributed by atoms with Gasteiger partial charge in [0.2, 0.25) is 0 Å². The van der Waals surface area contributed by atoms with Crippen LogP contribution in [0.4, 0.5) is 11.4 Å². The van der Waals surface area contributed by atoms with Crippen molar-refractivity contribution >= 4 is 11.4 Å². The minimum Gasteiger partial charge on any atom is -0.399 e. The number of nitrogens with two attached hydrogens (primary N) is 1. The van der Waals surface area contributed by atoms with Crippen LogP contribution in [0, 0.1) is 11.3 Å². The van der Waals surface area contributed by atoms with Gasteiger partial charge in [-0.1, -0.05) is 0 Å². The highest BCUT2D eigenvalue weighted by molar-refractivity contribution is 5.64. The zero-order chi connectivity index (χ0) is 12.9. The normalized spacial score (nSPS) is 10.9. The van der Waals surface area contributed by atoms with Gasteiger partial charge >= 0.3 is 0 Å². The first-order valence-electron chi connectivity index (χ1n) is 5.01. The number of benzene rings is 1. The van der Waals surface area contributed by atoms with Gasteiger partial charge in [0.25, 0.3) is 0 Å². The van der Waals surface area contributed by atoms with E-state index in [1.165, 1.54) is 6.07 Å². The number of nitrogens with one attached hydrogen (secondary N) is 1. The van der Waals surface area contributed by atoms with Crippen molar-refractivity contribution in [1.82, 2.24) is 0 Å². The molecule has 0 saturated carbocycles. The molecule has 1 aromatic rings. The van der Waals surface area contributed by atoms with E-state index in [0.29, 0.717) is 11.4 Å². The zero-order valence-corrected chi connectivity index (χ0v) is 9.22. The van der Waals surface area contributed by atoms with E-state index >= 15 is 0 Å². The summed E-state index contributed by atoms with van der Waals surface area (Å²) in [6.45, 7) is -1.39. The third-order valence-corrected chi connectivity index (χ3v) is 2.47. The van der Waals surface area contributed by atoms with Crippen molar-refractivity contribution in [2.75, 3.05) is 30.9 Å². The van der Waals surface area contributed by atoms with E-state index in [4.69, 9.17) is 26.3 Å². The molecule has 0 saturated heterocycles. The number of aliphatic hydroxyl groups excluding tert-OH is 3. The molecule has 0 heterocycles. The Bertz CT molecular complexity index is 416. The number of nitrogen functional groups attached to an aromatic ring is 1. The third kappa shape index (κ3) is 2.85. The number of rotatable bonds is 5. The van der Waals surface area contributed by atoms with Crippen LogP contribution >= 0.6 is 0 Å². The van der Waals surface area contributed by atoms with E-state index in [-0.39, 0.29) is 5.56 Å². The molecule has 0 aliphatic heterocycles. The molecule has 0 bridgehead atoms. The lowest BCUT2D eigenvalue weighted by molar-refractivity contribution is 0.0833. The predicted molar refractivity (Wildman–Crippen MR) is 63.2 cm³/mol. The quantitative estimate of drug-likeness (QED) is 0.430. The highest BCUT2D eigenvalue weighted by Crippen LogP contribution is 2.21. The SMILES string of the molecule is N#Cc1cc(N)ccc1NC(CO)(CO)CO. The first-order valence-corrected chi connectivity index (χ1v) is 5.01. The molecule has 0 aliphatic carbocycles. The summed E-state index contributed by atoms with van der Waals surface area (Å²) in [4.78, 5) is 0. The van der Waals surface area contributed by atoms with Gasteiger partial charge in [0.15, 0.2) is 0 Å². The van der Waals surface area contributed by atoms with Crippen LogP contribution in [0.3, 0.4) is 0 Å². The minimum absolute atomic E-state index is 0.282. The van der Waals surface area contributed by atoms with Crippen LogP contribution in [0.2, 0.25) is 0 Å². The number of nitrogens with zero attached hydrogens (tertiary/aromatic N) is 1. The molecular weight excluding hydrogens is 222 g/mol. The first kappa shape index (κ1) is 13.3. The smallest absolute Gasteiger partial charge is 0.107 e. The molecule has 17 heavy (non-hydrogen) atoms. The summed E-state index contributed by atoms with van der Waals surface area (Å²) >= 11 is 0. The summed E-state index contributed by atoms with van der Waals surface area (Å²) < 4.78 is 0. The van der Waals surface area contributed by atoms with Crippen molar-refractivity contribution in [2.24, 2.45) is 0 Å². The van der Waals surface area contributed by atoms with Crippen LogP contribution in [-0.4, -0.2) is 40.7 Å². The maximum Gasteiger partial charge on any atom is 0.107 e. The molecule has 1 rings (SSSR count). The lowest BCUT2D eigenvalue weighted by Gasteiger charge is -2.30. The Labute approximate surface area is 98.9 Å². The first-order chi connectivity index (χ1) is 8.10. The molecule has 0 aliphatic rings. The van der Waals surface area contributed by atoms with Gasteiger partial charge in [-0.3, -0.25) is 0 Å². The van der Waals surface area contributed by atoms with Crippen molar-refractivity contribution in [3.05, 3.63) is 23.8 Å². The fourth-order valence-corrected chi connectivity index (χ4v) is 1.32. The Morgan fingerprint density at radius 3 is 2.29 bits per heavy atom. The molecular formula is C11H15N3O3. The lowest BCUT2D eigenvalue weighted by atomic mass is 10.0. The Kier molecular flexibility index (Phi) is 4.29. The van der Waals surface area contributed by atoms with E-state index in [9.17, 15) is 0 Å². The maximum atomic E-state index is 9.17. The molecule has 0 fully saturated rings. The number of hydrogen-bond acceptors (Lipinski definition) is 6. The molecule has 0 unspecified atom stereocenters. The van der Waals surface area contributed by atoms with Crippen molar-refractivity contribution in [3.63, 3.8) is 0 Å². The Balaban J connectivity index is 3.06. The van der Waals surface area contributed by atoms with Crippen LogP contribution in [-0.2, 0) is 0 Å². The summed E-state index contributed by atoms with van der Waals surface area (Å²) in [5, 5.41) is 39.2. The van der Waals surface area contributed by atoms with Gasteiger partial charge in [0.05, 0.1) is 31.1 Å². The standard InChI is InChI=1S/C11H15N3O3/c12-4-8-3-9(13)1-2-10(8)14-11(5-15,6-16)7-17/h1-3,14-17H,5-7,13H2. The Hall–Kier alpha value is -1.81. The van der Waals surface area contributed by atoms with E-state index in [0.717, 1.165) is 0 Å². The van der Waals surface area contributed by atoms with Gasteiger partial charge in [-0.05, 0) is 18.2 Å². The van der Waals surface area contributed by atoms with Gasteiger partial charge in [-0.15, -0.1) is 0 Å². The molecule has 6 N–H and O–H groups in total. The zero-order valence-electron chi connectivity index (χ0n) is 9.22. The van der Waals surface area contributed by atoms with E-state index < -0.39 is 25.4 Å². The number of anilines is 2. The van der Waals surface area contributed by atoms with E-state index in [1.807, 2.05) is 6.07 Å². The maximum absolute atomic E-state index is 9.17. The summed E-state index contributed by atoms with van der Waals surface area (Å²) in [7, 11) is 0. The third-order valence-electron chi connectivity index (χ3n) is 2.47. The molecule has 0 atom stereocenters. The largest absolute Gasteiger partial charge is 0.399 e. The molecule has 92 valence electrons. The van der Waals surface area contributed by atoms with Crippen molar-refractivity contribution < 1.29 is 15.3 Å². The van der Waals surface area contributed by atoms with Crippen molar-refractivity contribution in [1.29, 1.82) is 5.26 Å². The number of aliphatic hydroxyl groups is 3. The highest BCUT2D eigenvalue weighted by atomic mass is 16.3. The monoisotopic (exact) mass is 237 g/mol. The second kappa shape index (κ2) is 5.50. The van der Waals surface area contributed by atoms with Gasteiger partial charge < -0.3 is 26.4 Å². The average molecular weight is 237 g/mol. The van der Waals surface area contributed by atoms with Crippen LogP contribution < -0.4 is 11.1 Å². The van der Waals surface area contributed by atoms with Gasteiger partial charge in [0, 0.05) is 5.69 Å². The summed E-state index contributed by atoms with van der Waals surface area (Å²) in [5.41, 5.74) is 5.40. The van der Waals surface area contributed by atoms with E-state index in [1.54, 1.807) is 12.1 Å². The Morgan fingerprint density at radius 1 is 1.24 bits per heavy atom. The van der Waals surface area contributed by atoms with Gasteiger partial charge in [-0.2, -0.15) is 5.26 Å². The van der Waals surface area contributed by atoms with Gasteiger partial charge in [0.1, 0.15) is 11.6 Å². The summed E-state index contributed by atoms with van der Waals surface area (Å²) in [6.07, 6.45) is 0. The topological polar surface area (TPSA) is 123 Å². The predicted octanol–water partition coefficient (Wildman–Crippen LogP) is -0.732. The molecule has 0 aromatic heterocycles. The second-order valence-electron chi connectivity index (χ2n) is 3.80. The van der Waals surface area contributed by atoms with Crippen molar-refractivity contribution in [3.8, 4) is 6.07 Å². The number of hydrogen-bond donors (Lipinski definition) is 5. The lowest BCUT2D eigenvalue weighted by Crippen LogP contribution is -2.49. The Morgan fingerprint density at radius 2 is 1.82 bits per heavy atom. The summed E-state index contributed by atoms with van der Waals surface area (Å²) in [6, 6.07) is 6.56. The second-order valence-corrected chi connectivity index (χ2v) is 3.80. The van der Waals surface area contributed by atoms with Crippen LogP contribution in [0.25, 0.3) is 0 Å². The minimum atomic E-state index is -1.26. The fraction of sp³-hybridized carbons (Fsp3) is 0.364. The molecule has 0 radical (unpaired) electrons. The molecule has 0 amide bonds. The molecule has 6 heteroatoms. The molecule has 6 nitrogen and oxygen atoms in total. The van der Waals surface area contributed by atoms with E-state index in [2.05, 4.69) is 5.32 Å². The van der Waals surface area contributed by atoms with Crippen LogP contribution in [0.1, 0.15) is 5.56 Å². The number of nitriles is 1. The van der Waals surface area contributed by atoms with Gasteiger partial charge in [-0.25, -0.2) is 0 Å². The van der Waals surface area contributed by atoms with Crippen molar-refractivity contribution in [2.45, 2.75) is 5.54 Å². The summed E-state index contributed by atoms with van der Waals surface area (Å²) in [5.74, 6) is 0. The molecule has 1 aromatic carbocycles. The average Bonchev–Trinajstić information content (AvgIpc) is 2.37. The van der Waals surface area contributed by atoms with Crippen LogP contribution in [0.5, 0.6) is 0 Å². The highest BCUT2D eigenvalue weighted by Gasteiger charge is 2.28. The molecule has 0 spiro atoms. The van der Waals surface area contributed by atoms with Crippen LogP contribution in [0.15, 0.2) is 18.2 Å². The fourth-order valence-electron chi connectivity index (χ4n) is 1.32.